The van der Waals surface area contributed by atoms with Gasteiger partial charge in [0.15, 0.2) is 0 Å². The van der Waals surface area contributed by atoms with Gasteiger partial charge in [0.25, 0.3) is 0 Å². The lowest BCUT2D eigenvalue weighted by Gasteiger charge is -2.33. The minimum atomic E-state index is -0.821. The van der Waals surface area contributed by atoms with Crippen LogP contribution in [0.5, 0.6) is 0 Å². The Balaban J connectivity index is 2.33. The van der Waals surface area contributed by atoms with E-state index in [1.54, 1.807) is 25.7 Å². The number of carbonyl (C=O) groups excluding carboxylic acids is 3. The van der Waals surface area contributed by atoms with Crippen molar-refractivity contribution in [2.45, 2.75) is 72.6 Å². The van der Waals surface area contributed by atoms with E-state index >= 15 is 0 Å². The van der Waals surface area contributed by atoms with Crippen molar-refractivity contribution < 1.29 is 19.1 Å². The smallest absolute Gasteiger partial charge is 0.408 e. The fourth-order valence-electron chi connectivity index (χ4n) is 3.69. The molecule has 1 unspecified atom stereocenters. The molecule has 0 aliphatic rings. The zero-order valence-corrected chi connectivity index (χ0v) is 21.8. The Hall–Kier alpha value is -3.35. The summed E-state index contributed by atoms with van der Waals surface area (Å²) in [6.45, 7) is 11.7. The number of hydrogen-bond donors (Lipinski definition) is 2. The molecule has 7 nitrogen and oxygen atoms in total. The summed E-state index contributed by atoms with van der Waals surface area (Å²) in [6.07, 6.45) is 0.915. The Bertz CT molecular complexity index is 999. The normalized spacial score (nSPS) is 11.9. The lowest BCUT2D eigenvalue weighted by atomic mass is 9.95. The highest BCUT2D eigenvalue weighted by molar-refractivity contribution is 5.90. The number of carbonyl (C=O) groups is 3. The first kappa shape index (κ1) is 27.9. The van der Waals surface area contributed by atoms with Gasteiger partial charge in [-0.25, -0.2) is 4.79 Å². The van der Waals surface area contributed by atoms with E-state index < -0.39 is 17.7 Å². The predicted octanol–water partition coefficient (Wildman–Crippen LogP) is 4.81. The summed E-state index contributed by atoms with van der Waals surface area (Å²) in [7, 11) is 0. The largest absolute Gasteiger partial charge is 0.444 e. The summed E-state index contributed by atoms with van der Waals surface area (Å²) < 4.78 is 5.26. The Labute approximate surface area is 209 Å². The van der Waals surface area contributed by atoms with Crippen molar-refractivity contribution in [3.05, 3.63) is 70.8 Å². The third kappa shape index (κ3) is 8.74. The molecule has 0 aromatic heterocycles. The minimum absolute atomic E-state index is 0.258. The van der Waals surface area contributed by atoms with E-state index in [9.17, 15) is 14.4 Å². The highest BCUT2D eigenvalue weighted by atomic mass is 16.6. The number of aryl methyl sites for hydroxylation is 1. The van der Waals surface area contributed by atoms with Crippen LogP contribution in [0, 0.1) is 13.8 Å². The average molecular weight is 482 g/mol. The van der Waals surface area contributed by atoms with Crippen LogP contribution in [0.2, 0.25) is 0 Å². The molecule has 1 atom stereocenters. The van der Waals surface area contributed by atoms with Crippen molar-refractivity contribution in [2.24, 2.45) is 0 Å². The fraction of sp³-hybridized carbons (Fsp3) is 0.464. The first-order chi connectivity index (χ1) is 16.5. The number of ether oxygens (including phenoxy) is 1. The van der Waals surface area contributed by atoms with Crippen molar-refractivity contribution >= 4 is 17.9 Å². The van der Waals surface area contributed by atoms with Crippen LogP contribution in [-0.4, -0.2) is 41.5 Å². The number of amides is 3. The fourth-order valence-corrected chi connectivity index (χ4v) is 3.69. The summed E-state index contributed by atoms with van der Waals surface area (Å²) in [5.41, 5.74) is 3.07. The van der Waals surface area contributed by atoms with E-state index in [0.717, 1.165) is 35.1 Å². The zero-order chi connectivity index (χ0) is 26.0. The van der Waals surface area contributed by atoms with Crippen LogP contribution in [0.15, 0.2) is 48.5 Å². The quantitative estimate of drug-likeness (QED) is 0.510. The molecular formula is C28H39N3O4. The molecule has 2 N–H and O–H groups in total. The molecule has 7 heteroatoms. The number of hydrogen-bond acceptors (Lipinski definition) is 4. The molecule has 35 heavy (non-hydrogen) atoms. The second-order valence-corrected chi connectivity index (χ2v) is 9.69. The molecule has 0 aliphatic carbocycles. The van der Waals surface area contributed by atoms with E-state index in [1.807, 2.05) is 69.3 Å². The van der Waals surface area contributed by atoms with Crippen molar-refractivity contribution in [2.75, 3.05) is 13.1 Å². The molecule has 0 spiro atoms. The summed E-state index contributed by atoms with van der Waals surface area (Å²) in [6, 6.07) is 14.6. The molecule has 0 bridgehead atoms. The van der Waals surface area contributed by atoms with Gasteiger partial charge in [-0.3, -0.25) is 9.59 Å². The Morgan fingerprint density at radius 3 is 2.29 bits per heavy atom. The maximum atomic E-state index is 13.6. The van der Waals surface area contributed by atoms with Gasteiger partial charge in [-0.1, -0.05) is 61.9 Å². The van der Waals surface area contributed by atoms with Gasteiger partial charge in [-0.15, -0.1) is 0 Å². The molecule has 0 heterocycles. The standard InChI is InChI=1S/C28H39N3O4/c1-7-8-17-31(24(32)19-30-27(34)35-28(4,5)6)25(23-16-12-13-20(2)21(23)3)26(33)29-18-22-14-10-9-11-15-22/h9-16,25H,7-8,17-19H2,1-6H3,(H,29,33)(H,30,34). The molecule has 2 aromatic rings. The van der Waals surface area contributed by atoms with Gasteiger partial charge in [0, 0.05) is 13.1 Å². The first-order valence-electron chi connectivity index (χ1n) is 12.2. The van der Waals surface area contributed by atoms with Gasteiger partial charge in [-0.05, 0) is 63.3 Å². The lowest BCUT2D eigenvalue weighted by Crippen LogP contribution is -2.48. The molecule has 0 aliphatic heterocycles. The molecule has 3 amide bonds. The molecule has 0 saturated heterocycles. The maximum Gasteiger partial charge on any atom is 0.408 e. The van der Waals surface area contributed by atoms with Gasteiger partial charge >= 0.3 is 6.09 Å². The second-order valence-electron chi connectivity index (χ2n) is 9.69. The monoisotopic (exact) mass is 481 g/mol. The average Bonchev–Trinajstić information content (AvgIpc) is 2.80. The van der Waals surface area contributed by atoms with Crippen molar-refractivity contribution in [1.29, 1.82) is 0 Å². The van der Waals surface area contributed by atoms with Crippen LogP contribution in [0.25, 0.3) is 0 Å². The molecule has 2 rings (SSSR count). The molecular weight excluding hydrogens is 442 g/mol. The van der Waals surface area contributed by atoms with Crippen molar-refractivity contribution in [1.82, 2.24) is 15.5 Å². The summed E-state index contributed by atoms with van der Waals surface area (Å²) >= 11 is 0. The highest BCUT2D eigenvalue weighted by Gasteiger charge is 2.32. The number of unbranched alkanes of at least 4 members (excludes halogenated alkanes) is 1. The van der Waals surface area contributed by atoms with Gasteiger partial charge in [0.05, 0.1) is 0 Å². The Kier molecular flexibility index (Phi) is 10.3. The summed E-state index contributed by atoms with van der Waals surface area (Å²) in [4.78, 5) is 40.7. The lowest BCUT2D eigenvalue weighted by molar-refractivity contribution is -0.140. The van der Waals surface area contributed by atoms with Crippen LogP contribution in [0.4, 0.5) is 4.79 Å². The molecule has 0 saturated carbocycles. The number of rotatable bonds is 10. The van der Waals surface area contributed by atoms with Crippen LogP contribution in [0.1, 0.15) is 68.8 Å². The number of benzene rings is 2. The first-order valence-corrected chi connectivity index (χ1v) is 12.2. The molecule has 190 valence electrons. The van der Waals surface area contributed by atoms with E-state index in [4.69, 9.17) is 4.74 Å². The van der Waals surface area contributed by atoms with Gasteiger partial charge in [0.1, 0.15) is 18.2 Å². The van der Waals surface area contributed by atoms with Gasteiger partial charge in [-0.2, -0.15) is 0 Å². The molecule has 2 aromatic carbocycles. The molecule has 0 radical (unpaired) electrons. The van der Waals surface area contributed by atoms with Crippen molar-refractivity contribution in [3.8, 4) is 0 Å². The maximum absolute atomic E-state index is 13.6. The molecule has 0 fully saturated rings. The highest BCUT2D eigenvalue weighted by Crippen LogP contribution is 2.27. The van der Waals surface area contributed by atoms with Crippen LogP contribution in [-0.2, 0) is 20.9 Å². The second kappa shape index (κ2) is 12.9. The predicted molar refractivity (Wildman–Crippen MR) is 138 cm³/mol. The number of nitrogens with one attached hydrogen (secondary N) is 2. The topological polar surface area (TPSA) is 87.7 Å². The third-order valence-corrected chi connectivity index (χ3v) is 5.67. The van der Waals surface area contributed by atoms with E-state index in [0.29, 0.717) is 13.1 Å². The Morgan fingerprint density at radius 1 is 0.971 bits per heavy atom. The number of alkyl carbamates (subject to hydrolysis) is 1. The van der Waals surface area contributed by atoms with Gasteiger partial charge < -0.3 is 20.3 Å². The number of nitrogens with zero attached hydrogens (tertiary/aromatic N) is 1. The summed E-state index contributed by atoms with van der Waals surface area (Å²) in [5, 5.41) is 5.55. The Morgan fingerprint density at radius 2 is 1.66 bits per heavy atom. The minimum Gasteiger partial charge on any atom is -0.444 e. The SMILES string of the molecule is CCCCN(C(=O)CNC(=O)OC(C)(C)C)C(C(=O)NCc1ccccc1)c1cccc(C)c1C. The van der Waals surface area contributed by atoms with E-state index in [2.05, 4.69) is 10.6 Å². The van der Waals surface area contributed by atoms with E-state index in [-0.39, 0.29) is 18.4 Å². The van der Waals surface area contributed by atoms with Gasteiger partial charge in [0.2, 0.25) is 11.8 Å². The zero-order valence-electron chi connectivity index (χ0n) is 21.8. The van der Waals surface area contributed by atoms with Crippen LogP contribution >= 0.6 is 0 Å². The van der Waals surface area contributed by atoms with Crippen LogP contribution in [0.3, 0.4) is 0 Å². The van der Waals surface area contributed by atoms with Crippen molar-refractivity contribution in [3.63, 3.8) is 0 Å². The third-order valence-electron chi connectivity index (χ3n) is 5.67. The van der Waals surface area contributed by atoms with Crippen LogP contribution < -0.4 is 10.6 Å². The van der Waals surface area contributed by atoms with E-state index in [1.165, 1.54) is 0 Å². The summed E-state index contributed by atoms with van der Waals surface area (Å²) in [5.74, 6) is -0.602.